The number of pyridine rings is 1. The fraction of sp³-hybridized carbons (Fsp3) is 0.421. The fourth-order valence-electron chi connectivity index (χ4n) is 3.29. The lowest BCUT2D eigenvalue weighted by molar-refractivity contribution is 0.316. The predicted octanol–water partition coefficient (Wildman–Crippen LogP) is 3.92. The van der Waals surface area contributed by atoms with E-state index in [4.69, 9.17) is 0 Å². The molecule has 0 bridgehead atoms. The number of rotatable bonds is 5. The van der Waals surface area contributed by atoms with Gasteiger partial charge in [0.1, 0.15) is 5.75 Å². The van der Waals surface area contributed by atoms with E-state index in [1.165, 1.54) is 25.7 Å². The Morgan fingerprint density at radius 3 is 2.24 bits per heavy atom. The molecular formula is C19H27Cl2N3O. The van der Waals surface area contributed by atoms with Gasteiger partial charge in [-0.2, -0.15) is 0 Å². The minimum absolute atomic E-state index is 0. The van der Waals surface area contributed by atoms with Crippen molar-refractivity contribution in [1.82, 2.24) is 15.6 Å². The van der Waals surface area contributed by atoms with Crippen molar-refractivity contribution in [3.63, 3.8) is 0 Å². The average Bonchev–Trinajstić information content (AvgIpc) is 2.62. The van der Waals surface area contributed by atoms with Crippen LogP contribution in [0.2, 0.25) is 0 Å². The largest absolute Gasteiger partial charge is 0.508 e. The molecule has 1 aromatic carbocycles. The maximum absolute atomic E-state index is 10.1. The predicted molar refractivity (Wildman–Crippen MR) is 108 cm³/mol. The van der Waals surface area contributed by atoms with Crippen LogP contribution >= 0.6 is 24.8 Å². The van der Waals surface area contributed by atoms with Crippen LogP contribution in [0.5, 0.6) is 5.75 Å². The highest BCUT2D eigenvalue weighted by Gasteiger charge is 2.19. The third-order valence-electron chi connectivity index (χ3n) is 4.81. The van der Waals surface area contributed by atoms with Gasteiger partial charge in [-0.25, -0.2) is 0 Å². The summed E-state index contributed by atoms with van der Waals surface area (Å²) in [5.41, 5.74) is 3.19. The summed E-state index contributed by atoms with van der Waals surface area (Å²) in [5.74, 6) is 0.360. The van der Waals surface area contributed by atoms with Gasteiger partial charge in [-0.05, 0) is 68.1 Å². The first-order valence-corrected chi connectivity index (χ1v) is 8.39. The zero-order chi connectivity index (χ0) is 16.1. The molecule has 1 aliphatic rings. The first kappa shape index (κ1) is 21.7. The van der Waals surface area contributed by atoms with Crippen LogP contribution < -0.4 is 10.6 Å². The van der Waals surface area contributed by atoms with E-state index in [1.807, 2.05) is 25.2 Å². The number of hydrogen-bond donors (Lipinski definition) is 3. The lowest BCUT2D eigenvalue weighted by Crippen LogP contribution is -2.38. The van der Waals surface area contributed by atoms with E-state index in [9.17, 15) is 5.11 Å². The van der Waals surface area contributed by atoms with Crippen molar-refractivity contribution in [2.24, 2.45) is 0 Å². The van der Waals surface area contributed by atoms with Crippen molar-refractivity contribution in [1.29, 1.82) is 0 Å². The van der Waals surface area contributed by atoms with Gasteiger partial charge in [-0.3, -0.25) is 4.98 Å². The van der Waals surface area contributed by atoms with E-state index in [2.05, 4.69) is 21.7 Å². The van der Waals surface area contributed by atoms with E-state index >= 15 is 0 Å². The molecule has 1 fully saturated rings. The Kier molecular flexibility index (Phi) is 9.22. The summed E-state index contributed by atoms with van der Waals surface area (Å²) in [6.07, 6.45) is 8.40. The summed E-state index contributed by atoms with van der Waals surface area (Å²) in [7, 11) is 2.04. The van der Waals surface area contributed by atoms with Crippen LogP contribution in [0.1, 0.15) is 31.2 Å². The number of halogens is 2. The number of nitrogens with zero attached hydrogens (tertiary/aromatic N) is 1. The Labute approximate surface area is 162 Å². The van der Waals surface area contributed by atoms with Gasteiger partial charge < -0.3 is 15.7 Å². The maximum Gasteiger partial charge on any atom is 0.120 e. The minimum Gasteiger partial charge on any atom is -0.508 e. The van der Waals surface area contributed by atoms with Crippen LogP contribution in [0.15, 0.2) is 42.7 Å². The molecule has 1 aliphatic carbocycles. The molecule has 3 rings (SSSR count). The highest BCUT2D eigenvalue weighted by Crippen LogP contribution is 2.26. The summed E-state index contributed by atoms with van der Waals surface area (Å²) in [5, 5.41) is 17.1. The van der Waals surface area contributed by atoms with Gasteiger partial charge in [0, 0.05) is 36.6 Å². The summed E-state index contributed by atoms with van der Waals surface area (Å²) < 4.78 is 0. The molecule has 1 heterocycles. The van der Waals surface area contributed by atoms with Crippen LogP contribution in [0.25, 0.3) is 11.1 Å². The summed E-state index contributed by atoms with van der Waals surface area (Å²) in [6.45, 7) is 0.708. The molecular weight excluding hydrogens is 357 g/mol. The van der Waals surface area contributed by atoms with Crippen LogP contribution in [0, 0.1) is 0 Å². The fourth-order valence-corrected chi connectivity index (χ4v) is 3.29. The lowest BCUT2D eigenvalue weighted by atomic mass is 9.91. The van der Waals surface area contributed by atoms with Crippen molar-refractivity contribution in [2.45, 2.75) is 44.3 Å². The monoisotopic (exact) mass is 383 g/mol. The number of nitrogens with one attached hydrogen (secondary N) is 2. The van der Waals surface area contributed by atoms with Crippen LogP contribution in [-0.4, -0.2) is 29.2 Å². The molecule has 0 radical (unpaired) electrons. The standard InChI is InChI=1S/C19H25N3O.2ClH/c1-20-17-3-5-18(6-4-17)22-13-16-12-15(2-7-19(16)23)14-8-10-21-11-9-14;;/h2,7-12,17-18,20,22-23H,3-6,13H2,1H3;2*1H. The molecule has 1 aromatic heterocycles. The van der Waals surface area contributed by atoms with Gasteiger partial charge in [-0.1, -0.05) is 6.07 Å². The second-order valence-electron chi connectivity index (χ2n) is 6.30. The van der Waals surface area contributed by atoms with E-state index in [0.29, 0.717) is 24.4 Å². The lowest BCUT2D eigenvalue weighted by Gasteiger charge is -2.29. The summed E-state index contributed by atoms with van der Waals surface area (Å²) in [4.78, 5) is 4.05. The Bertz CT molecular complexity index is 632. The molecule has 0 spiro atoms. The van der Waals surface area contributed by atoms with Gasteiger partial charge in [0.05, 0.1) is 0 Å². The molecule has 25 heavy (non-hydrogen) atoms. The molecule has 0 saturated heterocycles. The number of phenolic OH excluding ortho intramolecular Hbond substituents is 1. The molecule has 2 aromatic rings. The smallest absolute Gasteiger partial charge is 0.120 e. The van der Waals surface area contributed by atoms with Gasteiger partial charge in [0.25, 0.3) is 0 Å². The molecule has 1 saturated carbocycles. The topological polar surface area (TPSA) is 57.2 Å². The number of aromatic hydroxyl groups is 1. The van der Waals surface area contributed by atoms with E-state index in [0.717, 1.165) is 16.7 Å². The minimum atomic E-state index is 0. The first-order valence-electron chi connectivity index (χ1n) is 8.39. The Morgan fingerprint density at radius 1 is 0.960 bits per heavy atom. The second-order valence-corrected chi connectivity index (χ2v) is 6.30. The van der Waals surface area contributed by atoms with Crippen molar-refractivity contribution in [3.8, 4) is 16.9 Å². The molecule has 0 amide bonds. The number of hydrogen-bond acceptors (Lipinski definition) is 4. The SMILES string of the molecule is CNC1CCC(NCc2cc(-c3ccncc3)ccc2O)CC1.Cl.Cl. The van der Waals surface area contributed by atoms with E-state index in [-0.39, 0.29) is 24.8 Å². The molecule has 138 valence electrons. The highest BCUT2D eigenvalue weighted by atomic mass is 35.5. The van der Waals surface area contributed by atoms with E-state index < -0.39 is 0 Å². The van der Waals surface area contributed by atoms with Gasteiger partial charge in [0.15, 0.2) is 0 Å². The zero-order valence-corrected chi connectivity index (χ0v) is 16.1. The van der Waals surface area contributed by atoms with Crippen LogP contribution in [-0.2, 0) is 6.54 Å². The highest BCUT2D eigenvalue weighted by molar-refractivity contribution is 5.85. The Morgan fingerprint density at radius 2 is 1.60 bits per heavy atom. The summed E-state index contributed by atoms with van der Waals surface area (Å²) >= 11 is 0. The van der Waals surface area contributed by atoms with Crippen molar-refractivity contribution >= 4 is 24.8 Å². The first-order chi connectivity index (χ1) is 11.3. The molecule has 0 atom stereocenters. The van der Waals surface area contributed by atoms with Crippen LogP contribution in [0.3, 0.4) is 0 Å². The zero-order valence-electron chi connectivity index (χ0n) is 14.4. The molecule has 4 nitrogen and oxygen atoms in total. The second kappa shape index (κ2) is 10.6. The van der Waals surface area contributed by atoms with Gasteiger partial charge in [-0.15, -0.1) is 24.8 Å². The third kappa shape index (κ3) is 5.86. The Balaban J connectivity index is 0.00000156. The van der Waals surface area contributed by atoms with E-state index in [1.54, 1.807) is 18.5 Å². The van der Waals surface area contributed by atoms with Crippen molar-refractivity contribution in [2.75, 3.05) is 7.05 Å². The molecule has 0 unspecified atom stereocenters. The molecule has 0 aliphatic heterocycles. The Hall–Kier alpha value is -1.33. The van der Waals surface area contributed by atoms with Crippen molar-refractivity contribution < 1.29 is 5.11 Å². The number of aromatic nitrogens is 1. The maximum atomic E-state index is 10.1. The van der Waals surface area contributed by atoms with Gasteiger partial charge in [0.2, 0.25) is 0 Å². The quantitative estimate of drug-likeness (QED) is 0.732. The number of benzene rings is 1. The van der Waals surface area contributed by atoms with Crippen LogP contribution in [0.4, 0.5) is 0 Å². The van der Waals surface area contributed by atoms with Crippen molar-refractivity contribution in [3.05, 3.63) is 48.3 Å². The third-order valence-corrected chi connectivity index (χ3v) is 4.81. The number of phenols is 1. The normalized spacial score (nSPS) is 19.6. The van der Waals surface area contributed by atoms with Gasteiger partial charge >= 0.3 is 0 Å². The average molecular weight is 384 g/mol. The molecule has 3 N–H and O–H groups in total. The molecule has 6 heteroatoms. The summed E-state index contributed by atoms with van der Waals surface area (Å²) in [6, 6.07) is 11.0.